The highest BCUT2D eigenvalue weighted by Crippen LogP contribution is 2.40. The normalized spacial score (nSPS) is 31.3. The van der Waals surface area contributed by atoms with Crippen LogP contribution in [-0.4, -0.2) is 25.3 Å². The molecule has 1 heterocycles. The monoisotopic (exact) mass is 242 g/mol. The summed E-state index contributed by atoms with van der Waals surface area (Å²) in [5, 5.41) is 0. The van der Waals surface area contributed by atoms with Crippen LogP contribution in [-0.2, 0) is 14.3 Å². The van der Waals surface area contributed by atoms with Crippen molar-refractivity contribution in [1.82, 2.24) is 0 Å². The van der Waals surface area contributed by atoms with Gasteiger partial charge in [0.25, 0.3) is 0 Å². The Balaban J connectivity index is 2.83. The van der Waals surface area contributed by atoms with E-state index in [1.165, 1.54) is 7.11 Å². The summed E-state index contributed by atoms with van der Waals surface area (Å²) in [6.07, 6.45) is 1.96. The molecule has 17 heavy (non-hydrogen) atoms. The molecule has 0 bridgehead atoms. The topological polar surface area (TPSA) is 35.5 Å². The Hall–Kier alpha value is -0.570. The molecule has 0 aromatic rings. The van der Waals surface area contributed by atoms with Gasteiger partial charge in [0.2, 0.25) is 0 Å². The van der Waals surface area contributed by atoms with Gasteiger partial charge in [0.05, 0.1) is 25.2 Å². The summed E-state index contributed by atoms with van der Waals surface area (Å²) in [6, 6.07) is 0. The third-order valence-electron chi connectivity index (χ3n) is 3.86. The number of rotatable bonds is 3. The van der Waals surface area contributed by atoms with Gasteiger partial charge in [-0.25, -0.2) is 0 Å². The Kier molecular flexibility index (Phi) is 4.59. The Morgan fingerprint density at radius 3 is 2.47 bits per heavy atom. The van der Waals surface area contributed by atoms with Crippen molar-refractivity contribution in [3.8, 4) is 0 Å². The van der Waals surface area contributed by atoms with Crippen LogP contribution >= 0.6 is 0 Å². The van der Waals surface area contributed by atoms with E-state index in [0.29, 0.717) is 5.92 Å². The Labute approximate surface area is 105 Å². The van der Waals surface area contributed by atoms with Crippen LogP contribution in [0.4, 0.5) is 0 Å². The molecule has 0 aromatic carbocycles. The van der Waals surface area contributed by atoms with E-state index in [0.717, 1.165) is 12.8 Å². The van der Waals surface area contributed by atoms with Crippen LogP contribution in [0.25, 0.3) is 0 Å². The first-order valence-electron chi connectivity index (χ1n) is 6.54. The van der Waals surface area contributed by atoms with E-state index in [1.54, 1.807) is 0 Å². The molecule has 1 saturated heterocycles. The lowest BCUT2D eigenvalue weighted by atomic mass is 9.83. The Morgan fingerprint density at radius 1 is 1.47 bits per heavy atom. The molecule has 0 aliphatic carbocycles. The maximum Gasteiger partial charge on any atom is 0.311 e. The average molecular weight is 242 g/mol. The molecule has 0 N–H and O–H groups in total. The van der Waals surface area contributed by atoms with E-state index in [1.807, 2.05) is 0 Å². The number of hydrogen-bond donors (Lipinski definition) is 0. The van der Waals surface area contributed by atoms with E-state index < -0.39 is 0 Å². The van der Waals surface area contributed by atoms with Crippen LogP contribution in [0.1, 0.15) is 47.5 Å². The van der Waals surface area contributed by atoms with E-state index >= 15 is 0 Å². The number of hydrogen-bond acceptors (Lipinski definition) is 3. The van der Waals surface area contributed by atoms with E-state index in [9.17, 15) is 4.79 Å². The number of methoxy groups -OCH3 is 1. The van der Waals surface area contributed by atoms with Gasteiger partial charge in [-0.1, -0.05) is 41.0 Å². The van der Waals surface area contributed by atoms with E-state index in [4.69, 9.17) is 9.47 Å². The quantitative estimate of drug-likeness (QED) is 0.714. The van der Waals surface area contributed by atoms with Crippen LogP contribution in [0.3, 0.4) is 0 Å². The molecule has 0 saturated carbocycles. The van der Waals surface area contributed by atoms with Gasteiger partial charge >= 0.3 is 5.97 Å². The van der Waals surface area contributed by atoms with E-state index in [2.05, 4.69) is 34.6 Å². The van der Waals surface area contributed by atoms with Crippen LogP contribution in [0.2, 0.25) is 0 Å². The van der Waals surface area contributed by atoms with Crippen molar-refractivity contribution in [2.45, 2.75) is 59.7 Å². The first-order valence-corrected chi connectivity index (χ1v) is 6.54. The molecule has 1 fully saturated rings. The highest BCUT2D eigenvalue weighted by Gasteiger charge is 2.46. The van der Waals surface area contributed by atoms with Crippen LogP contribution < -0.4 is 0 Å². The molecule has 4 atom stereocenters. The SMILES string of the molecule is CC[C@H](C)[C@H]1O[C@@H](C(C)(C)C)CC1C(=O)OC. The maximum atomic E-state index is 11.8. The second kappa shape index (κ2) is 5.38. The third-order valence-corrected chi connectivity index (χ3v) is 3.86. The zero-order valence-electron chi connectivity index (χ0n) is 11.9. The predicted octanol–water partition coefficient (Wildman–Crippen LogP) is 3.03. The van der Waals surface area contributed by atoms with Gasteiger partial charge in [0.15, 0.2) is 0 Å². The maximum absolute atomic E-state index is 11.8. The molecule has 0 aromatic heterocycles. The van der Waals surface area contributed by atoms with Gasteiger partial charge in [-0.3, -0.25) is 4.79 Å². The summed E-state index contributed by atoms with van der Waals surface area (Å²) < 4.78 is 11.0. The molecule has 100 valence electrons. The molecule has 0 amide bonds. The highest BCUT2D eigenvalue weighted by molar-refractivity contribution is 5.73. The van der Waals surface area contributed by atoms with Gasteiger partial charge in [0, 0.05) is 0 Å². The van der Waals surface area contributed by atoms with Gasteiger partial charge in [-0.15, -0.1) is 0 Å². The molecule has 0 radical (unpaired) electrons. The lowest BCUT2D eigenvalue weighted by molar-refractivity contribution is -0.148. The van der Waals surface area contributed by atoms with Crippen molar-refractivity contribution in [2.75, 3.05) is 7.11 Å². The lowest BCUT2D eigenvalue weighted by Gasteiger charge is -2.28. The van der Waals surface area contributed by atoms with Gasteiger partial charge in [0.1, 0.15) is 0 Å². The van der Waals surface area contributed by atoms with Crippen LogP contribution in [0.5, 0.6) is 0 Å². The largest absolute Gasteiger partial charge is 0.469 e. The minimum atomic E-state index is -0.123. The van der Waals surface area contributed by atoms with Crippen molar-refractivity contribution in [3.05, 3.63) is 0 Å². The Bertz CT molecular complexity index is 267. The zero-order chi connectivity index (χ0) is 13.2. The third kappa shape index (κ3) is 3.21. The van der Waals surface area contributed by atoms with Crippen LogP contribution in [0, 0.1) is 17.3 Å². The molecular formula is C14H26O3. The summed E-state index contributed by atoms with van der Waals surface area (Å²) in [5.74, 6) is 0.174. The fourth-order valence-corrected chi connectivity index (χ4v) is 2.41. The number of esters is 1. The zero-order valence-corrected chi connectivity index (χ0v) is 11.9. The van der Waals surface area contributed by atoms with Gasteiger partial charge in [-0.05, 0) is 17.8 Å². The first kappa shape index (κ1) is 14.5. The summed E-state index contributed by atoms with van der Waals surface area (Å²) in [6.45, 7) is 10.7. The summed E-state index contributed by atoms with van der Waals surface area (Å²) in [5.41, 5.74) is 0.0779. The van der Waals surface area contributed by atoms with Crippen molar-refractivity contribution in [2.24, 2.45) is 17.3 Å². The van der Waals surface area contributed by atoms with Crippen molar-refractivity contribution >= 4 is 5.97 Å². The Morgan fingerprint density at radius 2 is 2.06 bits per heavy atom. The molecule has 1 aliphatic rings. The lowest BCUT2D eigenvalue weighted by Crippen LogP contribution is -2.31. The minimum Gasteiger partial charge on any atom is -0.469 e. The minimum absolute atomic E-state index is 0.0108. The molecular weight excluding hydrogens is 216 g/mol. The van der Waals surface area contributed by atoms with Crippen LogP contribution in [0.15, 0.2) is 0 Å². The highest BCUT2D eigenvalue weighted by atomic mass is 16.5. The molecule has 1 aliphatic heterocycles. The standard InChI is InChI=1S/C14H26O3/c1-7-9(2)12-10(13(15)16-6)8-11(17-12)14(3,4)5/h9-12H,7-8H2,1-6H3/t9-,10?,11+,12+/m0/s1. The summed E-state index contributed by atoms with van der Waals surface area (Å²) in [7, 11) is 1.46. The molecule has 1 unspecified atom stereocenters. The first-order chi connectivity index (χ1) is 7.81. The molecule has 0 spiro atoms. The van der Waals surface area contributed by atoms with Gasteiger partial charge in [-0.2, -0.15) is 0 Å². The predicted molar refractivity (Wildman–Crippen MR) is 67.7 cm³/mol. The number of carbonyl (C=O) groups excluding carboxylic acids is 1. The molecule has 1 rings (SSSR count). The fourth-order valence-electron chi connectivity index (χ4n) is 2.41. The second-order valence-electron chi connectivity index (χ2n) is 6.21. The smallest absolute Gasteiger partial charge is 0.311 e. The van der Waals surface area contributed by atoms with Crippen molar-refractivity contribution < 1.29 is 14.3 Å². The van der Waals surface area contributed by atoms with Crippen molar-refractivity contribution in [1.29, 1.82) is 0 Å². The summed E-state index contributed by atoms with van der Waals surface area (Å²) >= 11 is 0. The van der Waals surface area contributed by atoms with Gasteiger partial charge < -0.3 is 9.47 Å². The number of ether oxygens (including phenoxy) is 2. The second-order valence-corrected chi connectivity index (χ2v) is 6.21. The average Bonchev–Trinajstić information content (AvgIpc) is 2.71. The van der Waals surface area contributed by atoms with Crippen molar-refractivity contribution in [3.63, 3.8) is 0 Å². The number of carbonyl (C=O) groups is 1. The molecule has 3 heteroatoms. The fraction of sp³-hybridized carbons (Fsp3) is 0.929. The molecule has 3 nitrogen and oxygen atoms in total. The van der Waals surface area contributed by atoms with E-state index in [-0.39, 0.29) is 29.5 Å². The summed E-state index contributed by atoms with van der Waals surface area (Å²) in [4.78, 5) is 11.8.